The second-order valence-corrected chi connectivity index (χ2v) is 5.48. The van der Waals surface area contributed by atoms with Crippen molar-refractivity contribution in [3.8, 4) is 5.75 Å². The highest BCUT2D eigenvalue weighted by Crippen LogP contribution is 2.19. The first-order valence-electron chi connectivity index (χ1n) is 6.99. The highest BCUT2D eigenvalue weighted by molar-refractivity contribution is 6.30. The minimum absolute atomic E-state index is 0.147. The molecule has 0 spiro atoms. The van der Waals surface area contributed by atoms with Crippen molar-refractivity contribution in [3.05, 3.63) is 64.4 Å². The Hall–Kier alpha value is -1.58. The quantitative estimate of drug-likeness (QED) is 0.861. The number of benzene rings is 2. The summed E-state index contributed by atoms with van der Waals surface area (Å²) in [5, 5.41) is 0.381. The van der Waals surface area contributed by atoms with Gasteiger partial charge in [0.15, 0.2) is 0 Å². The molecule has 0 saturated carbocycles. The van der Waals surface area contributed by atoms with Crippen LogP contribution >= 0.6 is 11.6 Å². The molecule has 0 aromatic heterocycles. The van der Waals surface area contributed by atoms with E-state index in [2.05, 4.69) is 6.92 Å². The van der Waals surface area contributed by atoms with Crippen molar-refractivity contribution in [2.24, 2.45) is 5.73 Å². The van der Waals surface area contributed by atoms with Gasteiger partial charge in [0, 0.05) is 16.6 Å². The van der Waals surface area contributed by atoms with Gasteiger partial charge in [-0.05, 0) is 42.7 Å². The van der Waals surface area contributed by atoms with Gasteiger partial charge < -0.3 is 10.5 Å². The molecule has 0 radical (unpaired) electrons. The van der Waals surface area contributed by atoms with Crippen molar-refractivity contribution in [1.29, 1.82) is 0 Å². The van der Waals surface area contributed by atoms with Crippen LogP contribution in [0, 0.1) is 5.82 Å². The second kappa shape index (κ2) is 7.43. The Balaban J connectivity index is 2.01. The molecule has 0 saturated heterocycles. The van der Waals surface area contributed by atoms with Crippen molar-refractivity contribution < 1.29 is 9.13 Å². The predicted octanol–water partition coefficient (Wildman–Crippen LogP) is 4.34. The van der Waals surface area contributed by atoms with E-state index in [9.17, 15) is 4.39 Å². The predicted molar refractivity (Wildman–Crippen MR) is 84.2 cm³/mol. The number of halogens is 2. The normalized spacial score (nSPS) is 12.2. The van der Waals surface area contributed by atoms with Crippen LogP contribution in [-0.2, 0) is 13.0 Å². The van der Waals surface area contributed by atoms with Gasteiger partial charge in [-0.3, -0.25) is 0 Å². The molecule has 0 fully saturated rings. The molecule has 0 aliphatic heterocycles. The third kappa shape index (κ3) is 4.73. The van der Waals surface area contributed by atoms with Gasteiger partial charge in [-0.1, -0.05) is 36.7 Å². The lowest BCUT2D eigenvalue weighted by molar-refractivity contribution is 0.299. The third-order valence-electron chi connectivity index (χ3n) is 3.33. The number of ether oxygens (including phenoxy) is 1. The summed E-state index contributed by atoms with van der Waals surface area (Å²) in [6.07, 6.45) is 1.74. The standard InChI is InChI=1S/C17H19ClFNO/c1-2-15(20)8-12-4-3-5-16(9-12)21-11-13-6-7-14(18)10-17(13)19/h3-7,9-10,15H,2,8,11,20H2,1H3. The summed E-state index contributed by atoms with van der Waals surface area (Å²) in [7, 11) is 0. The minimum atomic E-state index is -0.355. The van der Waals surface area contributed by atoms with Crippen LogP contribution in [0.5, 0.6) is 5.75 Å². The summed E-state index contributed by atoms with van der Waals surface area (Å²) in [5.74, 6) is 0.358. The van der Waals surface area contributed by atoms with E-state index < -0.39 is 0 Å². The zero-order valence-corrected chi connectivity index (χ0v) is 12.7. The first kappa shape index (κ1) is 15.8. The van der Waals surface area contributed by atoms with Crippen molar-refractivity contribution >= 4 is 11.6 Å². The van der Waals surface area contributed by atoms with Crippen LogP contribution in [0.15, 0.2) is 42.5 Å². The molecule has 1 unspecified atom stereocenters. The van der Waals surface area contributed by atoms with Crippen LogP contribution in [0.3, 0.4) is 0 Å². The number of hydrogen-bond acceptors (Lipinski definition) is 2. The second-order valence-electron chi connectivity index (χ2n) is 5.04. The summed E-state index contributed by atoms with van der Waals surface area (Å²) in [6.45, 7) is 2.24. The molecule has 0 bridgehead atoms. The van der Waals surface area contributed by atoms with Crippen LogP contribution in [0.4, 0.5) is 4.39 Å². The number of hydrogen-bond donors (Lipinski definition) is 1. The smallest absolute Gasteiger partial charge is 0.131 e. The fourth-order valence-electron chi connectivity index (χ4n) is 2.01. The molecule has 4 heteroatoms. The van der Waals surface area contributed by atoms with Crippen molar-refractivity contribution in [3.63, 3.8) is 0 Å². The van der Waals surface area contributed by atoms with Gasteiger partial charge in [-0.25, -0.2) is 4.39 Å². The topological polar surface area (TPSA) is 35.2 Å². The minimum Gasteiger partial charge on any atom is -0.489 e. The Morgan fingerprint density at radius 1 is 1.24 bits per heavy atom. The summed E-state index contributed by atoms with van der Waals surface area (Å²) < 4.78 is 19.3. The first-order valence-corrected chi connectivity index (χ1v) is 7.37. The molecule has 0 aliphatic rings. The van der Waals surface area contributed by atoms with E-state index in [0.717, 1.165) is 18.4 Å². The molecule has 2 aromatic rings. The van der Waals surface area contributed by atoms with E-state index in [-0.39, 0.29) is 18.5 Å². The summed E-state index contributed by atoms with van der Waals surface area (Å²) in [6, 6.07) is 12.5. The maximum atomic E-state index is 13.7. The van der Waals surface area contributed by atoms with E-state index in [1.54, 1.807) is 12.1 Å². The summed E-state index contributed by atoms with van der Waals surface area (Å²) in [5.41, 5.74) is 7.56. The molecular formula is C17H19ClFNO. The fraction of sp³-hybridized carbons (Fsp3) is 0.294. The SMILES string of the molecule is CCC(N)Cc1cccc(OCc2ccc(Cl)cc2F)c1. The van der Waals surface area contributed by atoms with Gasteiger partial charge in [-0.2, -0.15) is 0 Å². The molecule has 112 valence electrons. The molecule has 2 aromatic carbocycles. The Morgan fingerprint density at radius 3 is 2.76 bits per heavy atom. The van der Waals surface area contributed by atoms with Gasteiger partial charge in [0.25, 0.3) is 0 Å². The zero-order valence-electron chi connectivity index (χ0n) is 12.0. The van der Waals surface area contributed by atoms with Crippen LogP contribution in [0.1, 0.15) is 24.5 Å². The fourth-order valence-corrected chi connectivity index (χ4v) is 2.17. The first-order chi connectivity index (χ1) is 10.1. The van der Waals surface area contributed by atoms with E-state index >= 15 is 0 Å². The molecule has 2 rings (SSSR count). The zero-order chi connectivity index (χ0) is 15.2. The van der Waals surface area contributed by atoms with Gasteiger partial charge in [0.05, 0.1) is 0 Å². The largest absolute Gasteiger partial charge is 0.489 e. The Labute approximate surface area is 129 Å². The number of rotatable bonds is 6. The summed E-state index contributed by atoms with van der Waals surface area (Å²) >= 11 is 5.72. The van der Waals surface area contributed by atoms with E-state index in [4.69, 9.17) is 22.1 Å². The third-order valence-corrected chi connectivity index (χ3v) is 3.57. The Bertz CT molecular complexity index is 603. The molecule has 0 amide bonds. The van der Waals surface area contributed by atoms with Gasteiger partial charge in [0.2, 0.25) is 0 Å². The van der Waals surface area contributed by atoms with E-state index in [0.29, 0.717) is 16.3 Å². The molecule has 2 nitrogen and oxygen atoms in total. The highest BCUT2D eigenvalue weighted by Gasteiger charge is 2.06. The van der Waals surface area contributed by atoms with Crippen molar-refractivity contribution in [2.45, 2.75) is 32.4 Å². The molecule has 1 atom stereocenters. The molecular weight excluding hydrogens is 289 g/mol. The van der Waals surface area contributed by atoms with Crippen LogP contribution in [0.2, 0.25) is 5.02 Å². The van der Waals surface area contributed by atoms with Gasteiger partial charge in [-0.15, -0.1) is 0 Å². The van der Waals surface area contributed by atoms with Crippen LogP contribution in [-0.4, -0.2) is 6.04 Å². The van der Waals surface area contributed by atoms with E-state index in [1.807, 2.05) is 24.3 Å². The average molecular weight is 308 g/mol. The lowest BCUT2D eigenvalue weighted by atomic mass is 10.0. The maximum absolute atomic E-state index is 13.7. The Morgan fingerprint density at radius 2 is 2.05 bits per heavy atom. The molecule has 0 aliphatic carbocycles. The average Bonchev–Trinajstić information content (AvgIpc) is 2.46. The van der Waals surface area contributed by atoms with Crippen molar-refractivity contribution in [2.75, 3.05) is 0 Å². The lowest BCUT2D eigenvalue weighted by Crippen LogP contribution is -2.21. The van der Waals surface area contributed by atoms with E-state index in [1.165, 1.54) is 6.07 Å². The lowest BCUT2D eigenvalue weighted by Gasteiger charge is -2.11. The molecule has 21 heavy (non-hydrogen) atoms. The van der Waals surface area contributed by atoms with Crippen molar-refractivity contribution in [1.82, 2.24) is 0 Å². The van der Waals surface area contributed by atoms with Gasteiger partial charge in [0.1, 0.15) is 18.2 Å². The molecule has 2 N–H and O–H groups in total. The summed E-state index contributed by atoms with van der Waals surface area (Å²) in [4.78, 5) is 0. The van der Waals surface area contributed by atoms with Crippen LogP contribution < -0.4 is 10.5 Å². The van der Waals surface area contributed by atoms with Crippen LogP contribution in [0.25, 0.3) is 0 Å². The Kier molecular flexibility index (Phi) is 5.59. The van der Waals surface area contributed by atoms with Gasteiger partial charge >= 0.3 is 0 Å². The highest BCUT2D eigenvalue weighted by atomic mass is 35.5. The number of nitrogens with two attached hydrogens (primary N) is 1. The maximum Gasteiger partial charge on any atom is 0.131 e. The monoisotopic (exact) mass is 307 g/mol. The molecule has 0 heterocycles.